The third-order valence-corrected chi connectivity index (χ3v) is 5.21. The quantitative estimate of drug-likeness (QED) is 0.818. The summed E-state index contributed by atoms with van der Waals surface area (Å²) in [6.45, 7) is 0.337. The van der Waals surface area contributed by atoms with Gasteiger partial charge < -0.3 is 11.1 Å². The van der Waals surface area contributed by atoms with Gasteiger partial charge in [-0.05, 0) is 30.5 Å². The van der Waals surface area contributed by atoms with Crippen molar-refractivity contribution in [1.29, 1.82) is 0 Å². The van der Waals surface area contributed by atoms with E-state index < -0.39 is 9.84 Å². The molecule has 0 aliphatic carbocycles. The van der Waals surface area contributed by atoms with E-state index >= 15 is 0 Å². The summed E-state index contributed by atoms with van der Waals surface area (Å²) in [6.07, 6.45) is 0.591. The Kier molecular flexibility index (Phi) is 4.01. The highest BCUT2D eigenvalue weighted by Gasteiger charge is 2.28. The number of rotatable bonds is 3. The molecule has 1 unspecified atom stereocenters. The van der Waals surface area contributed by atoms with E-state index in [0.29, 0.717) is 29.2 Å². The lowest BCUT2D eigenvalue weighted by Gasteiger charge is -2.11. The first-order valence-electron chi connectivity index (χ1n) is 5.91. The van der Waals surface area contributed by atoms with Crippen molar-refractivity contribution in [2.45, 2.75) is 6.42 Å². The van der Waals surface area contributed by atoms with Crippen LogP contribution < -0.4 is 11.1 Å². The first-order valence-corrected chi connectivity index (χ1v) is 8.11. The van der Waals surface area contributed by atoms with Gasteiger partial charge in [-0.2, -0.15) is 0 Å². The van der Waals surface area contributed by atoms with Crippen LogP contribution in [0.1, 0.15) is 16.8 Å². The van der Waals surface area contributed by atoms with Gasteiger partial charge in [0.15, 0.2) is 9.84 Å². The van der Waals surface area contributed by atoms with Gasteiger partial charge in [-0.3, -0.25) is 4.79 Å². The van der Waals surface area contributed by atoms with Gasteiger partial charge >= 0.3 is 0 Å². The number of sulfone groups is 1. The number of anilines is 1. The molecule has 1 aromatic carbocycles. The van der Waals surface area contributed by atoms with Gasteiger partial charge in [0.1, 0.15) is 0 Å². The van der Waals surface area contributed by atoms with Crippen molar-refractivity contribution in [2.24, 2.45) is 5.92 Å². The van der Waals surface area contributed by atoms with Gasteiger partial charge in [0.2, 0.25) is 0 Å². The molecule has 0 radical (unpaired) electrons. The lowest BCUT2D eigenvalue weighted by Crippen LogP contribution is -2.30. The fraction of sp³-hybridized carbons (Fsp3) is 0.417. The molecule has 1 fully saturated rings. The standard InChI is InChI=1S/C12H15ClN2O3S/c13-9-1-2-11(14)10(5-9)12(16)15-6-8-3-4-19(17,18)7-8/h1-2,5,8H,3-4,6-7,14H2,(H,15,16). The van der Waals surface area contributed by atoms with Crippen molar-refractivity contribution in [3.05, 3.63) is 28.8 Å². The number of benzene rings is 1. The number of carbonyl (C=O) groups excluding carboxylic acids is 1. The molecule has 0 saturated carbocycles. The molecule has 2 rings (SSSR count). The molecule has 0 bridgehead atoms. The van der Waals surface area contributed by atoms with E-state index in [9.17, 15) is 13.2 Å². The molecule has 1 heterocycles. The molecule has 1 atom stereocenters. The third kappa shape index (κ3) is 3.61. The number of nitrogens with one attached hydrogen (secondary N) is 1. The molecule has 19 heavy (non-hydrogen) atoms. The molecule has 5 nitrogen and oxygen atoms in total. The molecule has 1 aliphatic rings. The maximum Gasteiger partial charge on any atom is 0.253 e. The predicted molar refractivity (Wildman–Crippen MR) is 75.0 cm³/mol. The maximum absolute atomic E-state index is 11.9. The molecule has 1 aromatic rings. The van der Waals surface area contributed by atoms with E-state index in [1.54, 1.807) is 12.1 Å². The summed E-state index contributed by atoms with van der Waals surface area (Å²) in [4.78, 5) is 11.9. The fourth-order valence-corrected chi connectivity index (χ4v) is 4.12. The molecule has 104 valence electrons. The SMILES string of the molecule is Nc1ccc(Cl)cc1C(=O)NCC1CCS(=O)(=O)C1. The second-order valence-corrected chi connectivity index (χ2v) is 7.38. The second-order valence-electron chi connectivity index (χ2n) is 4.71. The number of hydrogen-bond acceptors (Lipinski definition) is 4. The van der Waals surface area contributed by atoms with Crippen LogP contribution in [0.25, 0.3) is 0 Å². The summed E-state index contributed by atoms with van der Waals surface area (Å²) in [5.74, 6) is -0.0100. The van der Waals surface area contributed by atoms with Crippen molar-refractivity contribution in [1.82, 2.24) is 5.32 Å². The average Bonchev–Trinajstić information content (AvgIpc) is 2.69. The zero-order valence-corrected chi connectivity index (χ0v) is 11.8. The first kappa shape index (κ1) is 14.1. The summed E-state index contributed by atoms with van der Waals surface area (Å²) < 4.78 is 22.6. The van der Waals surface area contributed by atoms with Crippen LogP contribution in [0.15, 0.2) is 18.2 Å². The summed E-state index contributed by atoms with van der Waals surface area (Å²) in [6, 6.07) is 4.67. The van der Waals surface area contributed by atoms with Crippen LogP contribution in [0.5, 0.6) is 0 Å². The minimum atomic E-state index is -2.92. The van der Waals surface area contributed by atoms with Crippen molar-refractivity contribution < 1.29 is 13.2 Å². The summed E-state index contributed by atoms with van der Waals surface area (Å²) in [5, 5.41) is 3.14. The number of nitrogen functional groups attached to an aromatic ring is 1. The summed E-state index contributed by atoms with van der Waals surface area (Å²) in [7, 11) is -2.92. The average molecular weight is 303 g/mol. The Morgan fingerprint density at radius 3 is 2.84 bits per heavy atom. The predicted octanol–water partition coefficient (Wildman–Crippen LogP) is 1.09. The Morgan fingerprint density at radius 1 is 1.47 bits per heavy atom. The van der Waals surface area contributed by atoms with Gasteiger partial charge in [-0.15, -0.1) is 0 Å². The Balaban J connectivity index is 1.97. The van der Waals surface area contributed by atoms with Crippen molar-refractivity contribution in [2.75, 3.05) is 23.8 Å². The van der Waals surface area contributed by atoms with Crippen LogP contribution in [0, 0.1) is 5.92 Å². The van der Waals surface area contributed by atoms with E-state index in [0.717, 1.165) is 0 Å². The number of carbonyl (C=O) groups is 1. The third-order valence-electron chi connectivity index (χ3n) is 3.14. The maximum atomic E-state index is 11.9. The highest BCUT2D eigenvalue weighted by Crippen LogP contribution is 2.19. The largest absolute Gasteiger partial charge is 0.398 e. The lowest BCUT2D eigenvalue weighted by molar-refractivity contribution is 0.0949. The highest BCUT2D eigenvalue weighted by molar-refractivity contribution is 7.91. The van der Waals surface area contributed by atoms with E-state index in [1.807, 2.05) is 0 Å². The normalized spacial score (nSPS) is 21.2. The Bertz CT molecular complexity index is 601. The van der Waals surface area contributed by atoms with Crippen molar-refractivity contribution in [3.63, 3.8) is 0 Å². The van der Waals surface area contributed by atoms with Crippen LogP contribution in [0.3, 0.4) is 0 Å². The van der Waals surface area contributed by atoms with Gasteiger partial charge in [0, 0.05) is 17.3 Å². The van der Waals surface area contributed by atoms with Gasteiger partial charge in [0.05, 0.1) is 17.1 Å². The Morgan fingerprint density at radius 2 is 2.21 bits per heavy atom. The van der Waals surface area contributed by atoms with Crippen LogP contribution in [0.4, 0.5) is 5.69 Å². The molecule has 1 aliphatic heterocycles. The van der Waals surface area contributed by atoms with E-state index in [2.05, 4.69) is 5.32 Å². The smallest absolute Gasteiger partial charge is 0.253 e. The Hall–Kier alpha value is -1.27. The monoisotopic (exact) mass is 302 g/mol. The molecular formula is C12H15ClN2O3S. The molecule has 7 heteroatoms. The zero-order chi connectivity index (χ0) is 14.0. The minimum Gasteiger partial charge on any atom is -0.398 e. The summed E-state index contributed by atoms with van der Waals surface area (Å²) in [5.41, 5.74) is 6.36. The Labute approximate surface area is 117 Å². The van der Waals surface area contributed by atoms with Gasteiger partial charge in [0.25, 0.3) is 5.91 Å². The van der Waals surface area contributed by atoms with Crippen LogP contribution in [-0.4, -0.2) is 32.4 Å². The number of nitrogens with two attached hydrogens (primary N) is 1. The van der Waals surface area contributed by atoms with E-state index in [1.165, 1.54) is 6.07 Å². The van der Waals surface area contributed by atoms with Crippen LogP contribution >= 0.6 is 11.6 Å². The van der Waals surface area contributed by atoms with Crippen molar-refractivity contribution in [3.8, 4) is 0 Å². The molecule has 0 spiro atoms. The van der Waals surface area contributed by atoms with Gasteiger partial charge in [-0.1, -0.05) is 11.6 Å². The molecule has 1 saturated heterocycles. The molecule has 1 amide bonds. The van der Waals surface area contributed by atoms with Gasteiger partial charge in [-0.25, -0.2) is 8.42 Å². The fourth-order valence-electron chi connectivity index (χ4n) is 2.09. The van der Waals surface area contributed by atoms with E-state index in [4.69, 9.17) is 17.3 Å². The summed E-state index contributed by atoms with van der Waals surface area (Å²) >= 11 is 5.81. The molecule has 3 N–H and O–H groups in total. The van der Waals surface area contributed by atoms with Crippen LogP contribution in [0.2, 0.25) is 5.02 Å². The van der Waals surface area contributed by atoms with E-state index in [-0.39, 0.29) is 23.3 Å². The topological polar surface area (TPSA) is 89.3 Å². The first-order chi connectivity index (χ1) is 8.87. The zero-order valence-electron chi connectivity index (χ0n) is 10.2. The highest BCUT2D eigenvalue weighted by atomic mass is 35.5. The minimum absolute atomic E-state index is 0.0191. The second kappa shape index (κ2) is 5.38. The molecule has 0 aromatic heterocycles. The van der Waals surface area contributed by atoms with Crippen LogP contribution in [-0.2, 0) is 9.84 Å². The number of hydrogen-bond donors (Lipinski definition) is 2. The molecular weight excluding hydrogens is 288 g/mol. The van der Waals surface area contributed by atoms with Crippen molar-refractivity contribution >= 4 is 33.0 Å². The lowest BCUT2D eigenvalue weighted by atomic mass is 10.1. The number of amides is 1. The number of halogens is 1.